The third-order valence-corrected chi connectivity index (χ3v) is 3.45. The van der Waals surface area contributed by atoms with Crippen molar-refractivity contribution < 1.29 is 9.47 Å². The Hall–Kier alpha value is -1.06. The van der Waals surface area contributed by atoms with E-state index in [1.807, 2.05) is 12.1 Å². The van der Waals surface area contributed by atoms with Crippen LogP contribution in [0.4, 0.5) is 0 Å². The molecule has 0 aliphatic heterocycles. The minimum absolute atomic E-state index is 0.471. The van der Waals surface area contributed by atoms with Gasteiger partial charge in [0.25, 0.3) is 0 Å². The van der Waals surface area contributed by atoms with Crippen molar-refractivity contribution in [3.05, 3.63) is 29.8 Å². The van der Waals surface area contributed by atoms with Crippen LogP contribution < -0.4 is 10.1 Å². The van der Waals surface area contributed by atoms with E-state index in [0.717, 1.165) is 31.6 Å². The second-order valence-electron chi connectivity index (χ2n) is 4.54. The molecule has 0 heterocycles. The highest BCUT2D eigenvalue weighted by Gasteiger charge is 2.27. The fourth-order valence-corrected chi connectivity index (χ4v) is 2.25. The third-order valence-electron chi connectivity index (χ3n) is 3.45. The second kappa shape index (κ2) is 6.03. The third kappa shape index (κ3) is 3.20. The van der Waals surface area contributed by atoms with Crippen LogP contribution in [0.2, 0.25) is 0 Å². The summed E-state index contributed by atoms with van der Waals surface area (Å²) < 4.78 is 10.6. The van der Waals surface area contributed by atoms with Gasteiger partial charge in [-0.05, 0) is 37.4 Å². The van der Waals surface area contributed by atoms with E-state index in [9.17, 15) is 0 Å². The number of para-hydroxylation sites is 1. The lowest BCUT2D eigenvalue weighted by atomic mass is 9.89. The molecule has 1 fully saturated rings. The van der Waals surface area contributed by atoms with Crippen LogP contribution in [-0.2, 0) is 11.2 Å². The lowest BCUT2D eigenvalue weighted by Gasteiger charge is -2.34. The molecule has 1 saturated carbocycles. The molecule has 0 aromatic heterocycles. The van der Waals surface area contributed by atoms with E-state index in [2.05, 4.69) is 17.4 Å². The second-order valence-corrected chi connectivity index (χ2v) is 4.54. The van der Waals surface area contributed by atoms with Gasteiger partial charge in [0.15, 0.2) is 0 Å². The molecule has 94 valence electrons. The Morgan fingerprint density at radius 2 is 2.00 bits per heavy atom. The SMILES string of the molecule is COc1ccccc1CCNC1CC(OC)C1. The van der Waals surface area contributed by atoms with Crippen LogP contribution in [0, 0.1) is 0 Å². The van der Waals surface area contributed by atoms with Crippen LogP contribution in [-0.4, -0.2) is 32.9 Å². The van der Waals surface area contributed by atoms with Crippen molar-refractivity contribution in [1.82, 2.24) is 5.32 Å². The molecule has 0 amide bonds. The molecule has 1 aliphatic rings. The molecule has 0 saturated heterocycles. The van der Waals surface area contributed by atoms with Crippen molar-refractivity contribution in [2.24, 2.45) is 0 Å². The Labute approximate surface area is 103 Å². The van der Waals surface area contributed by atoms with Gasteiger partial charge in [-0.2, -0.15) is 0 Å². The topological polar surface area (TPSA) is 30.5 Å². The zero-order valence-electron chi connectivity index (χ0n) is 10.6. The molecule has 1 N–H and O–H groups in total. The fourth-order valence-electron chi connectivity index (χ4n) is 2.25. The van der Waals surface area contributed by atoms with E-state index in [1.54, 1.807) is 14.2 Å². The molecular formula is C14H21NO2. The van der Waals surface area contributed by atoms with E-state index in [-0.39, 0.29) is 0 Å². The van der Waals surface area contributed by atoms with Crippen molar-refractivity contribution in [2.45, 2.75) is 31.4 Å². The van der Waals surface area contributed by atoms with Gasteiger partial charge in [0.05, 0.1) is 13.2 Å². The summed E-state index contributed by atoms with van der Waals surface area (Å²) in [7, 11) is 3.51. The maximum absolute atomic E-state index is 5.33. The standard InChI is InChI=1S/C14H21NO2/c1-16-13-9-12(10-13)15-8-7-11-5-3-4-6-14(11)17-2/h3-6,12-13,15H,7-10H2,1-2H3. The molecule has 3 heteroatoms. The molecule has 0 radical (unpaired) electrons. The quantitative estimate of drug-likeness (QED) is 0.818. The molecule has 17 heavy (non-hydrogen) atoms. The minimum atomic E-state index is 0.471. The van der Waals surface area contributed by atoms with Crippen LogP contribution in [0.3, 0.4) is 0 Å². The average molecular weight is 235 g/mol. The van der Waals surface area contributed by atoms with Gasteiger partial charge in [-0.15, -0.1) is 0 Å². The van der Waals surface area contributed by atoms with Gasteiger partial charge < -0.3 is 14.8 Å². The number of rotatable bonds is 6. The Morgan fingerprint density at radius 1 is 1.24 bits per heavy atom. The first-order chi connectivity index (χ1) is 8.33. The van der Waals surface area contributed by atoms with Crippen LogP contribution in [0.1, 0.15) is 18.4 Å². The summed E-state index contributed by atoms with van der Waals surface area (Å²) in [4.78, 5) is 0. The first-order valence-electron chi connectivity index (χ1n) is 6.21. The smallest absolute Gasteiger partial charge is 0.122 e. The highest BCUT2D eigenvalue weighted by Crippen LogP contribution is 2.23. The summed E-state index contributed by atoms with van der Waals surface area (Å²) in [5.41, 5.74) is 1.27. The molecular weight excluding hydrogens is 214 g/mol. The first kappa shape index (κ1) is 12.4. The monoisotopic (exact) mass is 235 g/mol. The molecule has 1 aromatic carbocycles. The van der Waals surface area contributed by atoms with Crippen LogP contribution >= 0.6 is 0 Å². The van der Waals surface area contributed by atoms with E-state index >= 15 is 0 Å². The molecule has 1 aliphatic carbocycles. The van der Waals surface area contributed by atoms with E-state index in [4.69, 9.17) is 9.47 Å². The van der Waals surface area contributed by atoms with E-state index in [0.29, 0.717) is 12.1 Å². The number of ether oxygens (including phenoxy) is 2. The van der Waals surface area contributed by atoms with Crippen LogP contribution in [0.15, 0.2) is 24.3 Å². The van der Waals surface area contributed by atoms with Gasteiger partial charge in [-0.25, -0.2) is 0 Å². The minimum Gasteiger partial charge on any atom is -0.496 e. The van der Waals surface area contributed by atoms with E-state index in [1.165, 1.54) is 5.56 Å². The molecule has 0 unspecified atom stereocenters. The number of benzene rings is 1. The van der Waals surface area contributed by atoms with Gasteiger partial charge in [0.1, 0.15) is 5.75 Å². The molecule has 3 nitrogen and oxygen atoms in total. The highest BCUT2D eigenvalue weighted by molar-refractivity contribution is 5.33. The van der Waals surface area contributed by atoms with E-state index < -0.39 is 0 Å². The van der Waals surface area contributed by atoms with Gasteiger partial charge >= 0.3 is 0 Å². The zero-order chi connectivity index (χ0) is 12.1. The zero-order valence-corrected chi connectivity index (χ0v) is 10.6. The molecule has 0 spiro atoms. The summed E-state index contributed by atoms with van der Waals surface area (Å²) in [5.74, 6) is 0.984. The Balaban J connectivity index is 1.71. The first-order valence-corrected chi connectivity index (χ1v) is 6.21. The van der Waals surface area contributed by atoms with Gasteiger partial charge in [-0.3, -0.25) is 0 Å². The lowest BCUT2D eigenvalue weighted by molar-refractivity contribution is 0.0177. The van der Waals surface area contributed by atoms with Crippen molar-refractivity contribution >= 4 is 0 Å². The largest absolute Gasteiger partial charge is 0.496 e. The fraction of sp³-hybridized carbons (Fsp3) is 0.571. The van der Waals surface area contributed by atoms with Crippen molar-refractivity contribution in [3.8, 4) is 5.75 Å². The number of hydrogen-bond acceptors (Lipinski definition) is 3. The van der Waals surface area contributed by atoms with Crippen molar-refractivity contribution in [1.29, 1.82) is 0 Å². The number of methoxy groups -OCH3 is 2. The Bertz CT molecular complexity index is 348. The maximum Gasteiger partial charge on any atom is 0.122 e. The lowest BCUT2D eigenvalue weighted by Crippen LogP contribution is -2.45. The summed E-state index contributed by atoms with van der Waals surface area (Å²) in [6.07, 6.45) is 3.77. The highest BCUT2D eigenvalue weighted by atomic mass is 16.5. The molecule has 1 aromatic rings. The van der Waals surface area contributed by atoms with Crippen molar-refractivity contribution in [2.75, 3.05) is 20.8 Å². The number of nitrogens with one attached hydrogen (secondary N) is 1. The van der Waals surface area contributed by atoms with Gasteiger partial charge in [0.2, 0.25) is 0 Å². The van der Waals surface area contributed by atoms with Gasteiger partial charge in [0, 0.05) is 13.2 Å². The summed E-state index contributed by atoms with van der Waals surface area (Å²) in [6, 6.07) is 8.83. The summed E-state index contributed by atoms with van der Waals surface area (Å²) >= 11 is 0. The Morgan fingerprint density at radius 3 is 2.71 bits per heavy atom. The van der Waals surface area contributed by atoms with Crippen LogP contribution in [0.25, 0.3) is 0 Å². The number of hydrogen-bond donors (Lipinski definition) is 1. The molecule has 2 rings (SSSR count). The predicted molar refractivity (Wildman–Crippen MR) is 68.5 cm³/mol. The normalized spacial score (nSPS) is 23.2. The summed E-state index contributed by atoms with van der Waals surface area (Å²) in [6.45, 7) is 1.00. The summed E-state index contributed by atoms with van der Waals surface area (Å²) in [5, 5.41) is 3.55. The average Bonchev–Trinajstić information content (AvgIpc) is 2.32. The molecule has 0 atom stereocenters. The van der Waals surface area contributed by atoms with Crippen LogP contribution in [0.5, 0.6) is 5.75 Å². The predicted octanol–water partition coefficient (Wildman–Crippen LogP) is 2.00. The Kier molecular flexibility index (Phi) is 4.40. The van der Waals surface area contributed by atoms with Crippen molar-refractivity contribution in [3.63, 3.8) is 0 Å². The van der Waals surface area contributed by atoms with Gasteiger partial charge in [-0.1, -0.05) is 18.2 Å². The maximum atomic E-state index is 5.33. The molecule has 0 bridgehead atoms.